The number of nitrogens with zero attached hydrogens (tertiary/aromatic N) is 1. The first-order chi connectivity index (χ1) is 17.4. The number of hydrogen-bond donors (Lipinski definition) is 0. The summed E-state index contributed by atoms with van der Waals surface area (Å²) < 4.78 is 17.7. The van der Waals surface area contributed by atoms with Gasteiger partial charge in [0.15, 0.2) is 11.5 Å². The molecule has 0 bridgehead atoms. The monoisotopic (exact) mass is 607 g/mol. The first-order valence-electron chi connectivity index (χ1n) is 10.7. The molecule has 1 aliphatic rings. The zero-order chi connectivity index (χ0) is 25.7. The molecule has 0 aliphatic carbocycles. The minimum absolute atomic E-state index is 0.158. The lowest BCUT2D eigenvalue weighted by Gasteiger charge is -2.14. The van der Waals surface area contributed by atoms with E-state index in [-0.39, 0.29) is 30.9 Å². The second kappa shape index (κ2) is 12.1. The van der Waals surface area contributed by atoms with Crippen LogP contribution < -0.4 is 14.2 Å². The van der Waals surface area contributed by atoms with E-state index in [2.05, 4.69) is 15.9 Å². The SMILES string of the molecule is COc1cc(/C=C2\SC(=O)N(CCOc3ccccc3)C2=O)cc(Br)c1OCc1ccc(Cl)c(Cl)c1. The molecule has 0 radical (unpaired) electrons. The van der Waals surface area contributed by atoms with E-state index in [1.54, 1.807) is 30.3 Å². The Morgan fingerprint density at radius 1 is 1.00 bits per heavy atom. The lowest BCUT2D eigenvalue weighted by molar-refractivity contribution is -0.123. The van der Waals surface area contributed by atoms with Crippen molar-refractivity contribution >= 4 is 68.1 Å². The highest BCUT2D eigenvalue weighted by Crippen LogP contribution is 2.39. The highest BCUT2D eigenvalue weighted by molar-refractivity contribution is 9.10. The smallest absolute Gasteiger partial charge is 0.293 e. The molecular formula is C26H20BrCl2NO5S. The van der Waals surface area contributed by atoms with E-state index >= 15 is 0 Å². The normalized spacial score (nSPS) is 14.4. The molecule has 3 aromatic carbocycles. The Morgan fingerprint density at radius 3 is 2.50 bits per heavy atom. The number of thioether (sulfide) groups is 1. The lowest BCUT2D eigenvalue weighted by atomic mass is 10.1. The molecule has 0 spiro atoms. The van der Waals surface area contributed by atoms with Crippen LogP contribution in [0, 0.1) is 0 Å². The maximum Gasteiger partial charge on any atom is 0.293 e. The van der Waals surface area contributed by atoms with E-state index in [0.717, 1.165) is 17.3 Å². The predicted molar refractivity (Wildman–Crippen MR) is 146 cm³/mol. The van der Waals surface area contributed by atoms with E-state index in [9.17, 15) is 9.59 Å². The fourth-order valence-corrected chi connectivity index (χ4v) is 5.12. The summed E-state index contributed by atoms with van der Waals surface area (Å²) in [5.74, 6) is 1.27. The van der Waals surface area contributed by atoms with E-state index in [1.165, 1.54) is 12.0 Å². The van der Waals surface area contributed by atoms with Gasteiger partial charge < -0.3 is 14.2 Å². The quantitative estimate of drug-likeness (QED) is 0.235. The van der Waals surface area contributed by atoms with Crippen molar-refractivity contribution in [2.24, 2.45) is 0 Å². The third-order valence-corrected chi connectivity index (χ3v) is 7.35. The molecule has 1 aliphatic heterocycles. The Morgan fingerprint density at radius 2 is 1.78 bits per heavy atom. The number of amides is 2. The Balaban J connectivity index is 1.45. The second-order valence-electron chi connectivity index (χ2n) is 7.57. The Bertz CT molecular complexity index is 1320. The van der Waals surface area contributed by atoms with Gasteiger partial charge in [-0.3, -0.25) is 14.5 Å². The first kappa shape index (κ1) is 26.4. The summed E-state index contributed by atoms with van der Waals surface area (Å²) in [6, 6.07) is 18.0. The summed E-state index contributed by atoms with van der Waals surface area (Å²) in [6.45, 7) is 0.611. The molecule has 1 saturated heterocycles. The minimum Gasteiger partial charge on any atom is -0.493 e. The molecule has 0 aromatic heterocycles. The third kappa shape index (κ3) is 6.37. The lowest BCUT2D eigenvalue weighted by Crippen LogP contribution is -2.32. The molecule has 0 saturated carbocycles. The van der Waals surface area contributed by atoms with Crippen LogP contribution in [0.4, 0.5) is 4.79 Å². The Hall–Kier alpha value is -2.65. The van der Waals surface area contributed by atoms with Gasteiger partial charge in [-0.05, 0) is 81.3 Å². The van der Waals surface area contributed by atoms with Gasteiger partial charge in [0.25, 0.3) is 11.1 Å². The molecule has 0 unspecified atom stereocenters. The Labute approximate surface area is 231 Å². The van der Waals surface area contributed by atoms with Crippen LogP contribution in [-0.2, 0) is 11.4 Å². The van der Waals surface area contributed by atoms with Gasteiger partial charge in [-0.15, -0.1) is 0 Å². The summed E-state index contributed by atoms with van der Waals surface area (Å²) in [4.78, 5) is 26.8. The summed E-state index contributed by atoms with van der Waals surface area (Å²) in [7, 11) is 1.53. The average Bonchev–Trinajstić information content (AvgIpc) is 3.13. The summed E-state index contributed by atoms with van der Waals surface area (Å²) in [5, 5.41) is 0.576. The van der Waals surface area contributed by atoms with E-state index in [4.69, 9.17) is 37.4 Å². The van der Waals surface area contributed by atoms with Gasteiger partial charge in [-0.1, -0.05) is 47.5 Å². The zero-order valence-electron chi connectivity index (χ0n) is 19.0. The fraction of sp³-hybridized carbons (Fsp3) is 0.154. The molecule has 36 heavy (non-hydrogen) atoms. The number of carbonyl (C=O) groups excluding carboxylic acids is 2. The largest absolute Gasteiger partial charge is 0.493 e. The number of methoxy groups -OCH3 is 1. The maximum absolute atomic E-state index is 12.9. The molecule has 1 heterocycles. The second-order valence-corrected chi connectivity index (χ2v) is 10.2. The first-order valence-corrected chi connectivity index (χ1v) is 13.1. The van der Waals surface area contributed by atoms with Gasteiger partial charge in [-0.25, -0.2) is 0 Å². The van der Waals surface area contributed by atoms with Gasteiger partial charge in [-0.2, -0.15) is 0 Å². The topological polar surface area (TPSA) is 65.1 Å². The van der Waals surface area contributed by atoms with Crippen molar-refractivity contribution in [2.75, 3.05) is 20.3 Å². The van der Waals surface area contributed by atoms with Crippen LogP contribution in [0.15, 0.2) is 70.0 Å². The van der Waals surface area contributed by atoms with Crippen LogP contribution in [0.1, 0.15) is 11.1 Å². The van der Waals surface area contributed by atoms with Crippen LogP contribution in [0.3, 0.4) is 0 Å². The van der Waals surface area contributed by atoms with Gasteiger partial charge in [0, 0.05) is 0 Å². The fourth-order valence-electron chi connectivity index (χ4n) is 3.36. The van der Waals surface area contributed by atoms with Crippen LogP contribution in [0.5, 0.6) is 17.2 Å². The van der Waals surface area contributed by atoms with Crippen molar-refractivity contribution in [1.82, 2.24) is 4.90 Å². The molecule has 6 nitrogen and oxygen atoms in total. The molecule has 3 aromatic rings. The highest BCUT2D eigenvalue weighted by atomic mass is 79.9. The van der Waals surface area contributed by atoms with Crippen molar-refractivity contribution < 1.29 is 23.8 Å². The molecule has 2 amide bonds. The zero-order valence-corrected chi connectivity index (χ0v) is 22.9. The van der Waals surface area contributed by atoms with E-state index in [0.29, 0.717) is 42.2 Å². The molecule has 4 rings (SSSR count). The standard InChI is InChI=1S/C26H20BrCl2NO5S/c1-33-22-13-17(11-19(27)24(22)35-15-16-7-8-20(28)21(29)12-16)14-23-25(31)30(26(32)36-23)9-10-34-18-5-3-2-4-6-18/h2-8,11-14H,9-10,15H2,1H3/b23-14-. The summed E-state index contributed by atoms with van der Waals surface area (Å²) >= 11 is 16.5. The highest BCUT2D eigenvalue weighted by Gasteiger charge is 2.35. The van der Waals surface area contributed by atoms with Crippen molar-refractivity contribution in [3.63, 3.8) is 0 Å². The van der Waals surface area contributed by atoms with Crippen LogP contribution >= 0.6 is 50.9 Å². The predicted octanol–water partition coefficient (Wildman–Crippen LogP) is 7.46. The minimum atomic E-state index is -0.364. The number of hydrogen-bond acceptors (Lipinski definition) is 6. The molecule has 0 N–H and O–H groups in total. The van der Waals surface area contributed by atoms with E-state index < -0.39 is 0 Å². The average molecular weight is 609 g/mol. The van der Waals surface area contributed by atoms with Crippen LogP contribution in [-0.4, -0.2) is 36.3 Å². The maximum atomic E-state index is 12.9. The third-order valence-electron chi connectivity index (χ3n) is 5.12. The number of ether oxygens (including phenoxy) is 3. The molecule has 0 atom stereocenters. The van der Waals surface area contributed by atoms with Gasteiger partial charge in [0.05, 0.1) is 33.1 Å². The molecular weight excluding hydrogens is 589 g/mol. The molecule has 1 fully saturated rings. The number of carbonyl (C=O) groups is 2. The van der Waals surface area contributed by atoms with Crippen LogP contribution in [0.25, 0.3) is 6.08 Å². The summed E-state index contributed by atoms with van der Waals surface area (Å²) in [6.07, 6.45) is 1.65. The van der Waals surface area contributed by atoms with Gasteiger partial charge in [0.2, 0.25) is 0 Å². The van der Waals surface area contributed by atoms with Crippen molar-refractivity contribution in [1.29, 1.82) is 0 Å². The van der Waals surface area contributed by atoms with E-state index in [1.807, 2.05) is 36.4 Å². The number of benzene rings is 3. The van der Waals surface area contributed by atoms with Crippen molar-refractivity contribution in [3.05, 3.63) is 91.2 Å². The van der Waals surface area contributed by atoms with Gasteiger partial charge >= 0.3 is 0 Å². The number of para-hydroxylation sites is 1. The molecule has 10 heteroatoms. The summed E-state index contributed by atoms with van der Waals surface area (Å²) in [5.41, 5.74) is 1.51. The Kier molecular flexibility index (Phi) is 8.85. The van der Waals surface area contributed by atoms with Crippen molar-refractivity contribution in [2.45, 2.75) is 6.61 Å². The van der Waals surface area contributed by atoms with Crippen LogP contribution in [0.2, 0.25) is 10.0 Å². The molecule has 186 valence electrons. The number of imide groups is 1. The van der Waals surface area contributed by atoms with Gasteiger partial charge in [0.1, 0.15) is 19.0 Å². The number of halogens is 3. The van der Waals surface area contributed by atoms with Crippen molar-refractivity contribution in [3.8, 4) is 17.2 Å². The number of rotatable bonds is 9.